The summed E-state index contributed by atoms with van der Waals surface area (Å²) in [5.74, 6) is -1.02. The molecule has 0 saturated carbocycles. The maximum atomic E-state index is 13.4. The number of hydrogen-bond donors (Lipinski definition) is 1. The highest BCUT2D eigenvalue weighted by atomic mass is 19.1. The van der Waals surface area contributed by atoms with E-state index < -0.39 is 5.97 Å². The molecule has 130 valence electrons. The molecular formula is C20H31FO2. The summed E-state index contributed by atoms with van der Waals surface area (Å²) >= 11 is 0. The Kier molecular flexibility index (Phi) is 15.5. The monoisotopic (exact) mass is 322 g/mol. The van der Waals surface area contributed by atoms with Gasteiger partial charge >= 0.3 is 5.97 Å². The average molecular weight is 322 g/mol. The zero-order valence-electron chi connectivity index (χ0n) is 14.3. The van der Waals surface area contributed by atoms with Crippen LogP contribution in [0, 0.1) is 0 Å². The molecule has 0 spiro atoms. The molecule has 0 saturated heterocycles. The van der Waals surface area contributed by atoms with Crippen LogP contribution in [0.2, 0.25) is 0 Å². The van der Waals surface area contributed by atoms with Gasteiger partial charge in [0.05, 0.1) is 5.83 Å². The average Bonchev–Trinajstić information content (AvgIpc) is 2.52. The van der Waals surface area contributed by atoms with Gasteiger partial charge in [-0.25, -0.2) is 4.39 Å². The molecule has 0 aromatic rings. The van der Waals surface area contributed by atoms with Gasteiger partial charge < -0.3 is 5.11 Å². The third kappa shape index (κ3) is 18.3. The lowest BCUT2D eigenvalue weighted by Crippen LogP contribution is -1.92. The second kappa shape index (κ2) is 16.7. The normalized spacial score (nSPS) is 12.9. The zero-order valence-corrected chi connectivity index (χ0v) is 14.3. The molecule has 3 heteroatoms. The standard InChI is InChI=1S/C20H31FO2/c1-2-3-4-5-6-7-8-9-10-11-12-13-16-19(21)17-14-15-18-20(22)23/h6-7,9-10,12-13,17H,2-5,8,11,14-16,18H2,1H3,(H,22,23)/b7-6-,10-9-,13-12-,19-17+. The van der Waals surface area contributed by atoms with Crippen LogP contribution in [-0.2, 0) is 4.79 Å². The van der Waals surface area contributed by atoms with Crippen LogP contribution >= 0.6 is 0 Å². The first-order valence-corrected chi connectivity index (χ1v) is 8.68. The Morgan fingerprint density at radius 3 is 2.22 bits per heavy atom. The summed E-state index contributed by atoms with van der Waals surface area (Å²) in [4.78, 5) is 10.3. The molecule has 0 rings (SSSR count). The van der Waals surface area contributed by atoms with Gasteiger partial charge in [0.15, 0.2) is 0 Å². The summed E-state index contributed by atoms with van der Waals surface area (Å²) in [6.45, 7) is 2.21. The lowest BCUT2D eigenvalue weighted by atomic mass is 10.2. The van der Waals surface area contributed by atoms with Crippen molar-refractivity contribution in [3.63, 3.8) is 0 Å². The van der Waals surface area contributed by atoms with Crippen LogP contribution in [0.1, 0.15) is 71.1 Å². The highest BCUT2D eigenvalue weighted by Crippen LogP contribution is 2.08. The number of carboxylic acid groups (broad SMARTS) is 1. The highest BCUT2D eigenvalue weighted by Gasteiger charge is 1.95. The van der Waals surface area contributed by atoms with Crippen molar-refractivity contribution in [1.29, 1.82) is 0 Å². The minimum Gasteiger partial charge on any atom is -0.481 e. The number of allylic oxidation sites excluding steroid dienone is 8. The van der Waals surface area contributed by atoms with Crippen molar-refractivity contribution < 1.29 is 14.3 Å². The fourth-order valence-corrected chi connectivity index (χ4v) is 1.96. The summed E-state index contributed by atoms with van der Waals surface area (Å²) in [6.07, 6.45) is 22.0. The molecule has 0 aromatic heterocycles. The number of hydrogen-bond acceptors (Lipinski definition) is 1. The summed E-state index contributed by atoms with van der Waals surface area (Å²) in [5, 5.41) is 8.47. The molecule has 0 unspecified atom stereocenters. The smallest absolute Gasteiger partial charge is 0.303 e. The molecule has 0 bridgehead atoms. The summed E-state index contributed by atoms with van der Waals surface area (Å²) in [6, 6.07) is 0. The fraction of sp³-hybridized carbons (Fsp3) is 0.550. The van der Waals surface area contributed by atoms with Crippen molar-refractivity contribution in [3.05, 3.63) is 48.4 Å². The van der Waals surface area contributed by atoms with Crippen LogP contribution < -0.4 is 0 Å². The fourth-order valence-electron chi connectivity index (χ4n) is 1.96. The molecule has 0 aromatic carbocycles. The Balaban J connectivity index is 3.60. The van der Waals surface area contributed by atoms with Crippen molar-refractivity contribution in [2.45, 2.75) is 71.1 Å². The third-order valence-electron chi connectivity index (χ3n) is 3.29. The minimum atomic E-state index is -0.832. The topological polar surface area (TPSA) is 37.3 Å². The van der Waals surface area contributed by atoms with Crippen molar-refractivity contribution in [1.82, 2.24) is 0 Å². The molecular weight excluding hydrogens is 291 g/mol. The lowest BCUT2D eigenvalue weighted by molar-refractivity contribution is -0.137. The van der Waals surface area contributed by atoms with E-state index in [1.807, 2.05) is 12.2 Å². The molecule has 0 atom stereocenters. The quantitative estimate of drug-likeness (QED) is 0.292. The lowest BCUT2D eigenvalue weighted by Gasteiger charge is -1.93. The van der Waals surface area contributed by atoms with E-state index in [0.29, 0.717) is 12.8 Å². The number of carboxylic acids is 1. The van der Waals surface area contributed by atoms with Crippen molar-refractivity contribution in [2.24, 2.45) is 0 Å². The van der Waals surface area contributed by atoms with Crippen molar-refractivity contribution in [2.75, 3.05) is 0 Å². The van der Waals surface area contributed by atoms with Crippen LogP contribution in [0.4, 0.5) is 4.39 Å². The number of carbonyl (C=O) groups is 1. The second-order valence-electron chi connectivity index (χ2n) is 5.52. The Bertz CT molecular complexity index is 406. The second-order valence-corrected chi connectivity index (χ2v) is 5.52. The number of aliphatic carboxylic acids is 1. The molecule has 0 heterocycles. The minimum absolute atomic E-state index is 0.0947. The number of unbranched alkanes of at least 4 members (excludes halogenated alkanes) is 4. The van der Waals surface area contributed by atoms with E-state index in [9.17, 15) is 9.18 Å². The van der Waals surface area contributed by atoms with Crippen LogP contribution in [0.5, 0.6) is 0 Å². The highest BCUT2D eigenvalue weighted by molar-refractivity contribution is 5.66. The van der Waals surface area contributed by atoms with Gasteiger partial charge in [-0.3, -0.25) is 4.79 Å². The molecule has 0 aliphatic rings. The first-order chi connectivity index (χ1) is 11.2. The van der Waals surface area contributed by atoms with E-state index in [1.165, 1.54) is 31.8 Å². The number of halogens is 1. The van der Waals surface area contributed by atoms with E-state index in [1.54, 1.807) is 0 Å². The SMILES string of the molecule is CCCCC/C=C\C/C=C\C/C=C\C/C(F)=C\CCCC(=O)O. The predicted octanol–water partition coefficient (Wildman–Crippen LogP) is 6.51. The van der Waals surface area contributed by atoms with Crippen LogP contribution in [-0.4, -0.2) is 11.1 Å². The van der Waals surface area contributed by atoms with E-state index >= 15 is 0 Å². The van der Waals surface area contributed by atoms with E-state index in [-0.39, 0.29) is 18.7 Å². The van der Waals surface area contributed by atoms with Crippen LogP contribution in [0.25, 0.3) is 0 Å². The van der Waals surface area contributed by atoms with Gasteiger partial charge in [0.25, 0.3) is 0 Å². The van der Waals surface area contributed by atoms with Gasteiger partial charge in [0, 0.05) is 12.8 Å². The molecule has 0 aliphatic heterocycles. The maximum Gasteiger partial charge on any atom is 0.303 e. The van der Waals surface area contributed by atoms with Crippen molar-refractivity contribution >= 4 is 5.97 Å². The Morgan fingerprint density at radius 1 is 0.913 bits per heavy atom. The summed E-state index contributed by atoms with van der Waals surface area (Å²) < 4.78 is 13.4. The summed E-state index contributed by atoms with van der Waals surface area (Å²) in [7, 11) is 0. The third-order valence-corrected chi connectivity index (χ3v) is 3.29. The molecule has 0 radical (unpaired) electrons. The molecule has 1 N–H and O–H groups in total. The molecule has 0 fully saturated rings. The van der Waals surface area contributed by atoms with Crippen LogP contribution in [0.15, 0.2) is 48.4 Å². The Hall–Kier alpha value is -1.64. The molecule has 0 aliphatic carbocycles. The van der Waals surface area contributed by atoms with Gasteiger partial charge in [0.1, 0.15) is 0 Å². The first kappa shape index (κ1) is 21.4. The van der Waals surface area contributed by atoms with E-state index in [2.05, 4.69) is 31.2 Å². The zero-order chi connectivity index (χ0) is 17.2. The van der Waals surface area contributed by atoms with E-state index in [4.69, 9.17) is 5.11 Å². The van der Waals surface area contributed by atoms with Gasteiger partial charge in [-0.2, -0.15) is 0 Å². The first-order valence-electron chi connectivity index (χ1n) is 8.68. The van der Waals surface area contributed by atoms with Gasteiger partial charge in [-0.15, -0.1) is 0 Å². The Morgan fingerprint density at radius 2 is 1.57 bits per heavy atom. The van der Waals surface area contributed by atoms with Gasteiger partial charge in [-0.1, -0.05) is 62.3 Å². The number of rotatable bonds is 14. The summed E-state index contributed by atoms with van der Waals surface area (Å²) in [5.41, 5.74) is 0. The van der Waals surface area contributed by atoms with Crippen molar-refractivity contribution in [3.8, 4) is 0 Å². The largest absolute Gasteiger partial charge is 0.481 e. The Labute approximate surface area is 140 Å². The van der Waals surface area contributed by atoms with Gasteiger partial charge in [-0.05, 0) is 38.5 Å². The molecule has 2 nitrogen and oxygen atoms in total. The van der Waals surface area contributed by atoms with E-state index in [0.717, 1.165) is 12.8 Å². The maximum absolute atomic E-state index is 13.4. The molecule has 0 amide bonds. The van der Waals surface area contributed by atoms with Crippen LogP contribution in [0.3, 0.4) is 0 Å². The molecule has 23 heavy (non-hydrogen) atoms. The van der Waals surface area contributed by atoms with Gasteiger partial charge in [0.2, 0.25) is 0 Å². The predicted molar refractivity (Wildman–Crippen MR) is 96.1 cm³/mol.